The summed E-state index contributed by atoms with van der Waals surface area (Å²) in [5, 5.41) is 4.82. The third-order valence-electron chi connectivity index (χ3n) is 4.79. The molecule has 1 fully saturated rings. The van der Waals surface area contributed by atoms with E-state index in [0.29, 0.717) is 49.0 Å². The van der Waals surface area contributed by atoms with Crippen molar-refractivity contribution in [1.82, 2.24) is 24.6 Å². The number of benzene rings is 1. The Hall–Kier alpha value is -3.50. The summed E-state index contributed by atoms with van der Waals surface area (Å²) < 4.78 is 31.3. The topological polar surface area (TPSA) is 102 Å². The van der Waals surface area contributed by atoms with Gasteiger partial charge in [-0.2, -0.15) is 23.8 Å². The van der Waals surface area contributed by atoms with Gasteiger partial charge in [-0.25, -0.2) is 0 Å². The maximum atomic E-state index is 12.8. The molecule has 1 amide bonds. The number of aromatic nitrogens is 4. The monoisotopic (exact) mass is 403 g/mol. The van der Waals surface area contributed by atoms with Crippen LogP contribution in [-0.4, -0.2) is 63.3 Å². The van der Waals surface area contributed by atoms with E-state index in [-0.39, 0.29) is 17.2 Å². The molecule has 1 saturated heterocycles. The summed E-state index contributed by atoms with van der Waals surface area (Å²) in [5.41, 5.74) is 6.75. The molecular weight excluding hydrogens is 384 g/mol. The lowest BCUT2D eigenvalue weighted by Crippen LogP contribution is -2.49. The Labute approximate surface area is 164 Å². The molecule has 0 radical (unpaired) electrons. The van der Waals surface area contributed by atoms with Crippen LogP contribution >= 0.6 is 0 Å². The molecule has 0 bridgehead atoms. The van der Waals surface area contributed by atoms with Crippen molar-refractivity contribution in [2.75, 3.05) is 36.8 Å². The van der Waals surface area contributed by atoms with E-state index in [1.807, 2.05) is 4.90 Å². The molecule has 152 valence electrons. The van der Waals surface area contributed by atoms with Crippen molar-refractivity contribution in [2.24, 2.45) is 7.05 Å². The van der Waals surface area contributed by atoms with Crippen LogP contribution in [0.2, 0.25) is 0 Å². The zero-order valence-electron chi connectivity index (χ0n) is 15.6. The lowest BCUT2D eigenvalue weighted by molar-refractivity contribution is -0.0502. The first-order valence-corrected chi connectivity index (χ1v) is 8.97. The van der Waals surface area contributed by atoms with Crippen LogP contribution in [0.4, 0.5) is 20.5 Å². The van der Waals surface area contributed by atoms with Crippen LogP contribution in [-0.2, 0) is 7.05 Å². The molecule has 3 heterocycles. The average Bonchev–Trinajstić information content (AvgIpc) is 3.09. The Morgan fingerprint density at radius 3 is 2.62 bits per heavy atom. The third kappa shape index (κ3) is 3.62. The van der Waals surface area contributed by atoms with Crippen molar-refractivity contribution in [1.29, 1.82) is 0 Å². The van der Waals surface area contributed by atoms with E-state index in [1.54, 1.807) is 35.0 Å². The van der Waals surface area contributed by atoms with Crippen molar-refractivity contribution in [3.05, 3.63) is 36.0 Å². The molecule has 0 atom stereocenters. The predicted octanol–water partition coefficient (Wildman–Crippen LogP) is 1.51. The summed E-state index contributed by atoms with van der Waals surface area (Å²) >= 11 is 0. The minimum absolute atomic E-state index is 0.109. The first-order valence-electron chi connectivity index (χ1n) is 8.97. The Morgan fingerprint density at radius 1 is 1.17 bits per heavy atom. The standard InChI is InChI=1S/C18H19F2N7O2/c1-25-15-12(10-22-25)14(21)23-18(24-15)27-8-6-26(7-9-27)16(28)11-4-2-3-5-13(11)29-17(19)20/h2-5,10,17H,6-9H2,1H3,(H2,21,23,24). The number of nitrogens with two attached hydrogens (primary N) is 1. The van der Waals surface area contributed by atoms with Gasteiger partial charge in [-0.15, -0.1) is 0 Å². The highest BCUT2D eigenvalue weighted by Crippen LogP contribution is 2.24. The quantitative estimate of drug-likeness (QED) is 0.704. The van der Waals surface area contributed by atoms with Gasteiger partial charge >= 0.3 is 6.61 Å². The number of halogens is 2. The number of carbonyl (C=O) groups excluding carboxylic acids is 1. The fraction of sp³-hybridized carbons (Fsp3) is 0.333. The number of hydrogen-bond donors (Lipinski definition) is 1. The molecule has 1 aliphatic heterocycles. The second kappa shape index (κ2) is 7.49. The Kier molecular flexibility index (Phi) is 4.87. The molecule has 4 rings (SSSR count). The van der Waals surface area contributed by atoms with E-state index in [2.05, 4.69) is 19.8 Å². The molecule has 2 N–H and O–H groups in total. The smallest absolute Gasteiger partial charge is 0.387 e. The summed E-state index contributed by atoms with van der Waals surface area (Å²) in [4.78, 5) is 25.2. The summed E-state index contributed by atoms with van der Waals surface area (Å²) in [5.74, 6) is 0.318. The van der Waals surface area contributed by atoms with Gasteiger partial charge in [0.2, 0.25) is 5.95 Å². The Balaban J connectivity index is 1.49. The lowest BCUT2D eigenvalue weighted by atomic mass is 10.1. The maximum Gasteiger partial charge on any atom is 0.387 e. The molecular formula is C18H19F2N7O2. The number of nitrogens with zero attached hydrogens (tertiary/aromatic N) is 6. The summed E-state index contributed by atoms with van der Waals surface area (Å²) in [6.07, 6.45) is 1.62. The number of hydrogen-bond acceptors (Lipinski definition) is 7. The van der Waals surface area contributed by atoms with Gasteiger partial charge in [0.1, 0.15) is 11.6 Å². The molecule has 0 saturated carbocycles. The van der Waals surface area contributed by atoms with Gasteiger partial charge in [-0.05, 0) is 12.1 Å². The normalized spacial score (nSPS) is 14.6. The molecule has 3 aromatic rings. The van der Waals surface area contributed by atoms with E-state index >= 15 is 0 Å². The minimum atomic E-state index is -3.00. The van der Waals surface area contributed by atoms with Crippen LogP contribution in [0.15, 0.2) is 30.5 Å². The zero-order valence-corrected chi connectivity index (χ0v) is 15.6. The number of alkyl halides is 2. The van der Waals surface area contributed by atoms with Crippen LogP contribution in [0, 0.1) is 0 Å². The first kappa shape index (κ1) is 18.8. The van der Waals surface area contributed by atoms with E-state index in [0.717, 1.165) is 0 Å². The van der Waals surface area contributed by atoms with Crippen molar-refractivity contribution < 1.29 is 18.3 Å². The van der Waals surface area contributed by atoms with Crippen molar-refractivity contribution >= 4 is 28.7 Å². The van der Waals surface area contributed by atoms with Gasteiger partial charge in [0.05, 0.1) is 17.1 Å². The van der Waals surface area contributed by atoms with Gasteiger partial charge < -0.3 is 20.3 Å². The number of anilines is 2. The number of fused-ring (bicyclic) bond motifs is 1. The second-order valence-electron chi connectivity index (χ2n) is 6.57. The van der Waals surface area contributed by atoms with Gasteiger partial charge in [0.15, 0.2) is 5.65 Å². The number of aryl methyl sites for hydroxylation is 1. The molecule has 0 aliphatic carbocycles. The molecule has 29 heavy (non-hydrogen) atoms. The largest absolute Gasteiger partial charge is 0.434 e. The molecule has 1 aromatic carbocycles. The van der Waals surface area contributed by atoms with Crippen molar-refractivity contribution in [3.8, 4) is 5.75 Å². The molecule has 0 spiro atoms. The highest BCUT2D eigenvalue weighted by Gasteiger charge is 2.26. The minimum Gasteiger partial charge on any atom is -0.434 e. The van der Waals surface area contributed by atoms with Gasteiger partial charge in [-0.1, -0.05) is 12.1 Å². The molecule has 2 aromatic heterocycles. The summed E-state index contributed by atoms with van der Waals surface area (Å²) in [7, 11) is 1.77. The summed E-state index contributed by atoms with van der Waals surface area (Å²) in [6, 6.07) is 5.99. The molecule has 1 aliphatic rings. The maximum absolute atomic E-state index is 12.8. The average molecular weight is 403 g/mol. The summed E-state index contributed by atoms with van der Waals surface area (Å²) in [6.45, 7) is -1.27. The molecule has 0 unspecified atom stereocenters. The van der Waals surface area contributed by atoms with E-state index < -0.39 is 6.61 Å². The third-order valence-corrected chi connectivity index (χ3v) is 4.79. The Morgan fingerprint density at radius 2 is 1.90 bits per heavy atom. The van der Waals surface area contributed by atoms with Gasteiger partial charge in [-0.3, -0.25) is 9.48 Å². The van der Waals surface area contributed by atoms with E-state index in [9.17, 15) is 13.6 Å². The van der Waals surface area contributed by atoms with Crippen LogP contribution in [0.1, 0.15) is 10.4 Å². The number of ether oxygens (including phenoxy) is 1. The molecule has 9 nitrogen and oxygen atoms in total. The Bertz CT molecular complexity index is 1050. The molecule has 11 heteroatoms. The predicted molar refractivity (Wildman–Crippen MR) is 102 cm³/mol. The highest BCUT2D eigenvalue weighted by molar-refractivity contribution is 5.97. The first-order chi connectivity index (χ1) is 13.9. The van der Waals surface area contributed by atoms with Crippen molar-refractivity contribution in [2.45, 2.75) is 6.61 Å². The van der Waals surface area contributed by atoms with Crippen LogP contribution in [0.5, 0.6) is 5.75 Å². The van der Waals surface area contributed by atoms with Gasteiger partial charge in [0, 0.05) is 33.2 Å². The van der Waals surface area contributed by atoms with Crippen LogP contribution in [0.3, 0.4) is 0 Å². The van der Waals surface area contributed by atoms with Crippen LogP contribution < -0.4 is 15.4 Å². The number of nitrogen functional groups attached to an aromatic ring is 1. The SMILES string of the molecule is Cn1ncc2c(N)nc(N3CCN(C(=O)c4ccccc4OC(F)F)CC3)nc21. The number of rotatable bonds is 4. The van der Waals surface area contributed by atoms with E-state index in [1.165, 1.54) is 12.1 Å². The van der Waals surface area contributed by atoms with Crippen molar-refractivity contribution in [3.63, 3.8) is 0 Å². The lowest BCUT2D eigenvalue weighted by Gasteiger charge is -2.35. The fourth-order valence-electron chi connectivity index (χ4n) is 3.30. The second-order valence-corrected chi connectivity index (χ2v) is 6.57. The fourth-order valence-corrected chi connectivity index (χ4v) is 3.30. The number of piperazine rings is 1. The number of para-hydroxylation sites is 1. The van der Waals surface area contributed by atoms with Gasteiger partial charge in [0.25, 0.3) is 5.91 Å². The number of carbonyl (C=O) groups is 1. The van der Waals surface area contributed by atoms with E-state index in [4.69, 9.17) is 5.73 Å². The highest BCUT2D eigenvalue weighted by atomic mass is 19.3. The van der Waals surface area contributed by atoms with Crippen LogP contribution in [0.25, 0.3) is 11.0 Å². The number of amides is 1. The zero-order chi connectivity index (χ0) is 20.5.